The summed E-state index contributed by atoms with van der Waals surface area (Å²) >= 11 is 6.07. The number of rotatable bonds is 8. The topological polar surface area (TPSA) is 101 Å². The Kier molecular flexibility index (Phi) is 8.16. The van der Waals surface area contributed by atoms with Gasteiger partial charge in [-0.1, -0.05) is 54.1 Å². The Morgan fingerprint density at radius 2 is 1.80 bits per heavy atom. The zero-order valence-electron chi connectivity index (χ0n) is 22.9. The Morgan fingerprint density at radius 1 is 1.02 bits per heavy atom. The second kappa shape index (κ2) is 12.1. The van der Waals surface area contributed by atoms with E-state index >= 15 is 0 Å². The summed E-state index contributed by atoms with van der Waals surface area (Å²) in [5.74, 6) is 0.0930. The van der Waals surface area contributed by atoms with Crippen molar-refractivity contribution >= 4 is 46.4 Å². The zero-order valence-corrected chi connectivity index (χ0v) is 23.6. The maximum atomic E-state index is 12.7. The number of ether oxygens (including phenoxy) is 1. The number of nitrogens with zero attached hydrogens (tertiary/aromatic N) is 4. The van der Waals surface area contributed by atoms with E-state index in [0.29, 0.717) is 40.1 Å². The van der Waals surface area contributed by atoms with Crippen molar-refractivity contribution in [3.05, 3.63) is 107 Å². The Hall–Kier alpha value is -4.89. The highest BCUT2D eigenvalue weighted by Crippen LogP contribution is 2.28. The summed E-state index contributed by atoms with van der Waals surface area (Å²) in [6.07, 6.45) is 3.24. The van der Waals surface area contributed by atoms with E-state index in [9.17, 15) is 9.59 Å². The number of fused-ring (bicyclic) bond motifs is 1. The van der Waals surface area contributed by atoms with E-state index in [-0.39, 0.29) is 12.6 Å². The average Bonchev–Trinajstić information content (AvgIpc) is 3.39. The number of anilines is 3. The molecule has 10 heteroatoms. The van der Waals surface area contributed by atoms with Gasteiger partial charge in [-0.25, -0.2) is 19.6 Å². The van der Waals surface area contributed by atoms with E-state index in [1.54, 1.807) is 23.6 Å². The SMILES string of the molecule is CCOC(=O)c1cnc2c(N(C)Cc3ccc(Cl)cc3)nc(-c3cccc(NC(=O)Nc4ccccc4C)c3)cn12. The fourth-order valence-corrected chi connectivity index (χ4v) is 4.54. The van der Waals surface area contributed by atoms with Crippen LogP contribution in [0.5, 0.6) is 0 Å². The van der Waals surface area contributed by atoms with Gasteiger partial charge in [0.05, 0.1) is 18.5 Å². The van der Waals surface area contributed by atoms with Crippen molar-refractivity contribution < 1.29 is 14.3 Å². The zero-order chi connectivity index (χ0) is 28.9. The third-order valence-electron chi connectivity index (χ3n) is 6.46. The standard InChI is InChI=1S/C31H29ClN6O3/c1-4-41-30(39)27-17-33-28-29(37(3)18-21-12-14-23(32)15-13-21)35-26(19-38(27)28)22-9-7-10-24(16-22)34-31(40)36-25-11-6-5-8-20(25)2/h5-17,19H,4,18H2,1-3H3,(H2,34,36,40). The van der Waals surface area contributed by atoms with E-state index in [1.807, 2.05) is 85.6 Å². The number of amides is 2. The summed E-state index contributed by atoms with van der Waals surface area (Å²) in [5, 5.41) is 6.42. The second-order valence-electron chi connectivity index (χ2n) is 9.46. The van der Waals surface area contributed by atoms with Crippen LogP contribution in [0.3, 0.4) is 0 Å². The molecule has 0 bridgehead atoms. The summed E-state index contributed by atoms with van der Waals surface area (Å²) in [7, 11) is 1.91. The molecule has 208 valence electrons. The van der Waals surface area contributed by atoms with Gasteiger partial charge in [0.15, 0.2) is 17.2 Å². The third-order valence-corrected chi connectivity index (χ3v) is 6.72. The molecule has 0 aliphatic carbocycles. The molecular weight excluding hydrogens is 540 g/mol. The molecule has 2 N–H and O–H groups in total. The van der Waals surface area contributed by atoms with E-state index in [2.05, 4.69) is 15.6 Å². The van der Waals surface area contributed by atoms with Crippen LogP contribution in [-0.2, 0) is 11.3 Å². The minimum Gasteiger partial charge on any atom is -0.461 e. The number of carbonyl (C=O) groups is 2. The summed E-state index contributed by atoms with van der Waals surface area (Å²) in [6, 6.07) is 22.1. The summed E-state index contributed by atoms with van der Waals surface area (Å²) < 4.78 is 6.96. The number of aromatic nitrogens is 3. The molecule has 0 saturated heterocycles. The number of halogens is 1. The number of imidazole rings is 1. The molecule has 0 fully saturated rings. The maximum Gasteiger partial charge on any atom is 0.356 e. The van der Waals surface area contributed by atoms with Gasteiger partial charge in [0, 0.05) is 41.8 Å². The Bertz CT molecular complexity index is 1720. The number of para-hydroxylation sites is 1. The molecule has 2 amide bonds. The molecule has 0 aliphatic heterocycles. The van der Waals surface area contributed by atoms with Crippen LogP contribution >= 0.6 is 11.6 Å². The Balaban J connectivity index is 1.50. The number of hydrogen-bond donors (Lipinski definition) is 2. The van der Waals surface area contributed by atoms with E-state index in [0.717, 1.165) is 22.4 Å². The lowest BCUT2D eigenvalue weighted by atomic mass is 10.1. The Labute approximate surface area is 242 Å². The van der Waals surface area contributed by atoms with Gasteiger partial charge in [-0.05, 0) is 55.3 Å². The molecule has 0 aliphatic rings. The van der Waals surface area contributed by atoms with Crippen molar-refractivity contribution in [3.8, 4) is 11.3 Å². The first-order valence-corrected chi connectivity index (χ1v) is 13.4. The van der Waals surface area contributed by atoms with Gasteiger partial charge in [-0.15, -0.1) is 0 Å². The first-order chi connectivity index (χ1) is 19.8. The highest BCUT2D eigenvalue weighted by Gasteiger charge is 2.20. The summed E-state index contributed by atoms with van der Waals surface area (Å²) in [4.78, 5) is 36.9. The number of nitrogens with one attached hydrogen (secondary N) is 2. The normalized spacial score (nSPS) is 10.8. The van der Waals surface area contributed by atoms with Gasteiger partial charge in [0.25, 0.3) is 0 Å². The van der Waals surface area contributed by atoms with Crippen LogP contribution in [0.1, 0.15) is 28.5 Å². The second-order valence-corrected chi connectivity index (χ2v) is 9.90. The fraction of sp³-hybridized carbons (Fsp3) is 0.161. The molecule has 0 spiro atoms. The molecule has 3 aromatic carbocycles. The fourth-order valence-electron chi connectivity index (χ4n) is 4.42. The van der Waals surface area contributed by atoms with Crippen molar-refractivity contribution in [3.63, 3.8) is 0 Å². The number of esters is 1. The minimum atomic E-state index is -0.480. The molecule has 0 radical (unpaired) electrons. The van der Waals surface area contributed by atoms with Gasteiger partial charge in [0.2, 0.25) is 0 Å². The van der Waals surface area contributed by atoms with E-state index in [4.69, 9.17) is 21.3 Å². The molecular formula is C31H29ClN6O3. The van der Waals surface area contributed by atoms with Gasteiger partial charge in [-0.2, -0.15) is 0 Å². The van der Waals surface area contributed by atoms with E-state index in [1.165, 1.54) is 6.20 Å². The monoisotopic (exact) mass is 568 g/mol. The molecule has 5 rings (SSSR count). The van der Waals surface area contributed by atoms with Gasteiger partial charge in [-0.3, -0.25) is 4.40 Å². The van der Waals surface area contributed by atoms with Crippen LogP contribution in [0.2, 0.25) is 5.02 Å². The van der Waals surface area contributed by atoms with Crippen molar-refractivity contribution in [1.29, 1.82) is 0 Å². The van der Waals surface area contributed by atoms with Crippen molar-refractivity contribution in [2.75, 3.05) is 29.2 Å². The van der Waals surface area contributed by atoms with Crippen LogP contribution in [0.4, 0.5) is 22.0 Å². The molecule has 0 atom stereocenters. The quantitative estimate of drug-likeness (QED) is 0.199. The van der Waals surface area contributed by atoms with Gasteiger partial charge >= 0.3 is 12.0 Å². The van der Waals surface area contributed by atoms with Crippen molar-refractivity contribution in [2.24, 2.45) is 0 Å². The molecule has 2 aromatic heterocycles. The minimum absolute atomic E-state index is 0.242. The lowest BCUT2D eigenvalue weighted by molar-refractivity contribution is 0.0518. The number of aryl methyl sites for hydroxylation is 1. The summed E-state index contributed by atoms with van der Waals surface area (Å²) in [5.41, 5.74) is 5.44. The van der Waals surface area contributed by atoms with Crippen LogP contribution in [0, 0.1) is 6.92 Å². The molecule has 5 aromatic rings. The van der Waals surface area contributed by atoms with Crippen LogP contribution < -0.4 is 15.5 Å². The van der Waals surface area contributed by atoms with Crippen LogP contribution in [0.15, 0.2) is 85.2 Å². The average molecular weight is 569 g/mol. The smallest absolute Gasteiger partial charge is 0.356 e. The summed E-state index contributed by atoms with van der Waals surface area (Å²) in [6.45, 7) is 4.46. The van der Waals surface area contributed by atoms with Crippen molar-refractivity contribution in [2.45, 2.75) is 20.4 Å². The number of carbonyl (C=O) groups excluding carboxylic acids is 2. The van der Waals surface area contributed by atoms with Crippen LogP contribution in [-0.4, -0.2) is 40.0 Å². The van der Waals surface area contributed by atoms with Crippen molar-refractivity contribution in [1.82, 2.24) is 14.4 Å². The van der Waals surface area contributed by atoms with Crippen LogP contribution in [0.25, 0.3) is 16.9 Å². The lowest BCUT2D eigenvalue weighted by Crippen LogP contribution is -2.20. The number of hydrogen-bond acceptors (Lipinski definition) is 6. The van der Waals surface area contributed by atoms with Gasteiger partial charge < -0.3 is 20.3 Å². The first kappa shape index (κ1) is 27.7. The number of urea groups is 1. The lowest BCUT2D eigenvalue weighted by Gasteiger charge is -2.20. The third kappa shape index (κ3) is 6.31. The largest absolute Gasteiger partial charge is 0.461 e. The molecule has 41 heavy (non-hydrogen) atoms. The highest BCUT2D eigenvalue weighted by molar-refractivity contribution is 6.30. The first-order valence-electron chi connectivity index (χ1n) is 13.1. The molecule has 2 heterocycles. The highest BCUT2D eigenvalue weighted by atomic mass is 35.5. The van der Waals surface area contributed by atoms with Gasteiger partial charge in [0.1, 0.15) is 0 Å². The predicted molar refractivity (Wildman–Crippen MR) is 162 cm³/mol. The maximum absolute atomic E-state index is 12.7. The Morgan fingerprint density at radius 3 is 2.56 bits per heavy atom. The number of benzene rings is 3. The predicted octanol–water partition coefficient (Wildman–Crippen LogP) is 6.82. The molecule has 0 saturated carbocycles. The molecule has 0 unspecified atom stereocenters. The van der Waals surface area contributed by atoms with E-state index < -0.39 is 5.97 Å². The molecule has 9 nitrogen and oxygen atoms in total.